The molecule has 1 aromatic heterocycles. The van der Waals surface area contributed by atoms with Crippen LogP contribution in [-0.2, 0) is 7.05 Å². The first-order chi connectivity index (χ1) is 8.59. The van der Waals surface area contributed by atoms with Crippen LogP contribution in [0.2, 0.25) is 0 Å². The number of rotatable bonds is 1. The molecule has 0 spiro atoms. The number of nitrogens with zero attached hydrogens (tertiary/aromatic N) is 1. The number of para-hydroxylation sites is 1. The Bertz CT molecular complexity index is 732. The van der Waals surface area contributed by atoms with Gasteiger partial charge in [0.05, 0.1) is 5.52 Å². The van der Waals surface area contributed by atoms with E-state index in [0.717, 1.165) is 0 Å². The normalized spacial score (nSPS) is 11.8. The van der Waals surface area contributed by atoms with Crippen molar-refractivity contribution in [3.8, 4) is 0 Å². The third-order valence-corrected chi connectivity index (χ3v) is 3.80. The van der Waals surface area contributed by atoms with Gasteiger partial charge in [0.25, 0.3) is 0 Å². The molecule has 0 bridgehead atoms. The molecule has 0 aliphatic carbocycles. The zero-order valence-electron chi connectivity index (χ0n) is 11.5. The zero-order chi connectivity index (χ0) is 12.9. The van der Waals surface area contributed by atoms with E-state index in [1.54, 1.807) is 0 Å². The number of benzene rings is 2. The summed E-state index contributed by atoms with van der Waals surface area (Å²) in [7, 11) is 2.17. The van der Waals surface area contributed by atoms with Crippen molar-refractivity contribution in [2.24, 2.45) is 7.05 Å². The number of aromatic nitrogens is 1. The van der Waals surface area contributed by atoms with E-state index in [4.69, 9.17) is 0 Å². The molecule has 0 atom stereocenters. The number of hydrogen-bond acceptors (Lipinski definition) is 0. The summed E-state index contributed by atoms with van der Waals surface area (Å²) in [6.07, 6.45) is 0. The molecule has 1 heterocycles. The van der Waals surface area contributed by atoms with Crippen molar-refractivity contribution in [3.63, 3.8) is 0 Å². The SMILES string of the molecule is Cc1cc(C(C)C)c2c(c1)c1ccccc1n2C. The number of hydrogen-bond donors (Lipinski definition) is 0. The third kappa shape index (κ3) is 1.47. The molecule has 1 heteroatoms. The van der Waals surface area contributed by atoms with Crippen molar-refractivity contribution in [3.05, 3.63) is 47.5 Å². The smallest absolute Gasteiger partial charge is 0.0524 e. The van der Waals surface area contributed by atoms with Gasteiger partial charge in [-0.2, -0.15) is 0 Å². The van der Waals surface area contributed by atoms with E-state index in [2.05, 4.69) is 68.8 Å². The summed E-state index contributed by atoms with van der Waals surface area (Å²) >= 11 is 0. The maximum absolute atomic E-state index is 2.33. The molecule has 0 aliphatic heterocycles. The molecule has 1 nitrogen and oxygen atoms in total. The highest BCUT2D eigenvalue weighted by molar-refractivity contribution is 6.09. The minimum absolute atomic E-state index is 0.551. The number of aryl methyl sites for hydroxylation is 2. The van der Waals surface area contributed by atoms with Gasteiger partial charge in [0, 0.05) is 23.3 Å². The average Bonchev–Trinajstić information content (AvgIpc) is 2.63. The van der Waals surface area contributed by atoms with Crippen LogP contribution >= 0.6 is 0 Å². The molecule has 3 aromatic rings. The van der Waals surface area contributed by atoms with Gasteiger partial charge in [-0.15, -0.1) is 0 Å². The van der Waals surface area contributed by atoms with E-state index in [1.807, 2.05) is 0 Å². The Kier molecular flexibility index (Phi) is 2.44. The minimum Gasteiger partial charge on any atom is -0.343 e. The van der Waals surface area contributed by atoms with Gasteiger partial charge in [0.1, 0.15) is 0 Å². The summed E-state index contributed by atoms with van der Waals surface area (Å²) in [6, 6.07) is 13.3. The second kappa shape index (κ2) is 3.88. The highest BCUT2D eigenvalue weighted by Gasteiger charge is 2.13. The highest BCUT2D eigenvalue weighted by Crippen LogP contribution is 2.34. The zero-order valence-corrected chi connectivity index (χ0v) is 11.5. The lowest BCUT2D eigenvalue weighted by molar-refractivity contribution is 0.860. The molecular weight excluding hydrogens is 218 g/mol. The molecule has 18 heavy (non-hydrogen) atoms. The predicted molar refractivity (Wildman–Crippen MR) is 79.3 cm³/mol. The maximum atomic E-state index is 2.33. The minimum atomic E-state index is 0.551. The first-order valence-electron chi connectivity index (χ1n) is 6.57. The second-order valence-corrected chi connectivity index (χ2v) is 5.48. The lowest BCUT2D eigenvalue weighted by atomic mass is 9.97. The van der Waals surface area contributed by atoms with Gasteiger partial charge in [-0.25, -0.2) is 0 Å². The monoisotopic (exact) mass is 237 g/mol. The van der Waals surface area contributed by atoms with Gasteiger partial charge in [0.2, 0.25) is 0 Å². The van der Waals surface area contributed by atoms with Crippen LogP contribution in [0.1, 0.15) is 30.9 Å². The molecule has 2 aromatic carbocycles. The second-order valence-electron chi connectivity index (χ2n) is 5.48. The highest BCUT2D eigenvalue weighted by atomic mass is 14.9. The van der Waals surface area contributed by atoms with Crippen molar-refractivity contribution in [1.82, 2.24) is 4.57 Å². The Morgan fingerprint density at radius 3 is 2.44 bits per heavy atom. The quantitative estimate of drug-likeness (QED) is 0.575. The topological polar surface area (TPSA) is 4.93 Å². The first-order valence-corrected chi connectivity index (χ1v) is 6.57. The van der Waals surface area contributed by atoms with Crippen LogP contribution in [0.25, 0.3) is 21.8 Å². The van der Waals surface area contributed by atoms with Gasteiger partial charge in [-0.1, -0.05) is 43.7 Å². The van der Waals surface area contributed by atoms with Crippen molar-refractivity contribution >= 4 is 21.8 Å². The van der Waals surface area contributed by atoms with Gasteiger partial charge >= 0.3 is 0 Å². The maximum Gasteiger partial charge on any atom is 0.0524 e. The van der Waals surface area contributed by atoms with Gasteiger partial charge in [-0.05, 0) is 30.5 Å². The van der Waals surface area contributed by atoms with Crippen LogP contribution in [0.4, 0.5) is 0 Å². The fourth-order valence-corrected chi connectivity index (χ4v) is 2.94. The third-order valence-electron chi connectivity index (χ3n) is 3.80. The van der Waals surface area contributed by atoms with E-state index >= 15 is 0 Å². The van der Waals surface area contributed by atoms with Crippen molar-refractivity contribution in [2.45, 2.75) is 26.7 Å². The molecular formula is C17H19N. The van der Waals surface area contributed by atoms with Crippen LogP contribution in [0.5, 0.6) is 0 Å². The van der Waals surface area contributed by atoms with E-state index in [-0.39, 0.29) is 0 Å². The molecule has 0 amide bonds. The largest absolute Gasteiger partial charge is 0.343 e. The van der Waals surface area contributed by atoms with Gasteiger partial charge in [0.15, 0.2) is 0 Å². The van der Waals surface area contributed by atoms with Crippen molar-refractivity contribution < 1.29 is 0 Å². The van der Waals surface area contributed by atoms with E-state index in [9.17, 15) is 0 Å². The molecule has 0 unspecified atom stereocenters. The van der Waals surface area contributed by atoms with Crippen molar-refractivity contribution in [1.29, 1.82) is 0 Å². The average molecular weight is 237 g/mol. The van der Waals surface area contributed by atoms with Crippen LogP contribution in [0.15, 0.2) is 36.4 Å². The Morgan fingerprint density at radius 1 is 1.00 bits per heavy atom. The molecule has 0 aliphatic rings. The molecule has 0 saturated heterocycles. The van der Waals surface area contributed by atoms with Crippen molar-refractivity contribution in [2.75, 3.05) is 0 Å². The van der Waals surface area contributed by atoms with Crippen LogP contribution < -0.4 is 0 Å². The van der Waals surface area contributed by atoms with Crippen LogP contribution in [0.3, 0.4) is 0 Å². The van der Waals surface area contributed by atoms with E-state index in [0.29, 0.717) is 5.92 Å². The molecule has 0 radical (unpaired) electrons. The lowest BCUT2D eigenvalue weighted by Crippen LogP contribution is -1.95. The summed E-state index contributed by atoms with van der Waals surface area (Å²) < 4.78 is 2.33. The predicted octanol–water partition coefficient (Wildman–Crippen LogP) is 4.76. The Labute approximate surface area is 108 Å². The fourth-order valence-electron chi connectivity index (χ4n) is 2.94. The summed E-state index contributed by atoms with van der Waals surface area (Å²) in [5.74, 6) is 0.551. The molecule has 92 valence electrons. The van der Waals surface area contributed by atoms with Gasteiger partial charge < -0.3 is 4.57 Å². The standard InChI is InChI=1S/C17H19N/c1-11(2)14-9-12(3)10-15-13-7-5-6-8-16(13)18(4)17(14)15/h5-11H,1-4H3. The fraction of sp³-hybridized carbons (Fsp3) is 0.294. The molecule has 0 fully saturated rings. The molecule has 0 saturated carbocycles. The van der Waals surface area contributed by atoms with E-state index < -0.39 is 0 Å². The lowest BCUT2D eigenvalue weighted by Gasteiger charge is -2.11. The Morgan fingerprint density at radius 2 is 1.72 bits per heavy atom. The summed E-state index contributed by atoms with van der Waals surface area (Å²) in [5.41, 5.74) is 5.50. The van der Waals surface area contributed by atoms with E-state index in [1.165, 1.54) is 32.9 Å². The number of fused-ring (bicyclic) bond motifs is 3. The summed E-state index contributed by atoms with van der Waals surface area (Å²) in [4.78, 5) is 0. The first kappa shape index (κ1) is 11.3. The summed E-state index contributed by atoms with van der Waals surface area (Å²) in [6.45, 7) is 6.73. The van der Waals surface area contributed by atoms with Gasteiger partial charge in [-0.3, -0.25) is 0 Å². The Hall–Kier alpha value is -1.76. The Balaban J connectivity index is 2.59. The summed E-state index contributed by atoms with van der Waals surface area (Å²) in [5, 5.41) is 2.75. The molecule has 0 N–H and O–H groups in total. The molecule has 3 rings (SSSR count). The van der Waals surface area contributed by atoms with Crippen LogP contribution in [-0.4, -0.2) is 4.57 Å². The van der Waals surface area contributed by atoms with Crippen LogP contribution in [0, 0.1) is 6.92 Å².